The normalized spacial score (nSPS) is 18.8. The lowest BCUT2D eigenvalue weighted by Crippen LogP contribution is -2.56. The van der Waals surface area contributed by atoms with E-state index in [9.17, 15) is 19.6 Å². The first kappa shape index (κ1) is 39.4. The number of amides is 3. The number of carbonyl (C=O) groups is 3. The third kappa shape index (κ3) is 10.5. The highest BCUT2D eigenvalue weighted by Gasteiger charge is 2.43. The van der Waals surface area contributed by atoms with E-state index in [4.69, 9.17) is 9.47 Å². The Kier molecular flexibility index (Phi) is 15.4. The first-order valence-corrected chi connectivity index (χ1v) is 17.4. The van der Waals surface area contributed by atoms with Crippen molar-refractivity contribution in [3.8, 4) is 6.07 Å². The lowest BCUT2D eigenvalue weighted by atomic mass is 9.89. The molecule has 3 rings (SSSR count). The summed E-state index contributed by atoms with van der Waals surface area (Å²) in [5.74, 6) is -0.820. The molecule has 268 valence electrons. The van der Waals surface area contributed by atoms with E-state index in [1.54, 1.807) is 56.5 Å². The Morgan fingerprint density at radius 1 is 1.06 bits per heavy atom. The summed E-state index contributed by atoms with van der Waals surface area (Å²) in [6, 6.07) is 11.5. The molecule has 2 aromatic rings. The molecule has 3 amide bonds. The van der Waals surface area contributed by atoms with E-state index in [-0.39, 0.29) is 48.1 Å². The maximum atomic E-state index is 14.1. The molecule has 1 saturated heterocycles. The van der Waals surface area contributed by atoms with Gasteiger partial charge in [0.2, 0.25) is 23.7 Å². The van der Waals surface area contributed by atoms with Crippen molar-refractivity contribution in [1.29, 1.82) is 5.26 Å². The Bertz CT molecular complexity index is 1370. The summed E-state index contributed by atoms with van der Waals surface area (Å²) in [5.41, 5.74) is 0.954. The van der Waals surface area contributed by atoms with Gasteiger partial charge in [0.05, 0.1) is 42.7 Å². The van der Waals surface area contributed by atoms with Gasteiger partial charge in [0, 0.05) is 46.6 Å². The number of hydrogen-bond acceptors (Lipinski definition) is 9. The van der Waals surface area contributed by atoms with Crippen molar-refractivity contribution in [1.82, 2.24) is 25.1 Å². The molecular formula is C37H55N7O5. The average molecular weight is 678 g/mol. The summed E-state index contributed by atoms with van der Waals surface area (Å²) in [4.78, 5) is 53.5. The number of likely N-dealkylation sites (N-methyl/N-ethyl adjacent to an activating group) is 1. The Morgan fingerprint density at radius 2 is 1.73 bits per heavy atom. The molecule has 0 saturated carbocycles. The van der Waals surface area contributed by atoms with Gasteiger partial charge in [0.25, 0.3) is 0 Å². The second-order valence-electron chi connectivity index (χ2n) is 13.4. The predicted octanol–water partition coefficient (Wildman–Crippen LogP) is 4.08. The molecule has 8 atom stereocenters. The van der Waals surface area contributed by atoms with Gasteiger partial charge in [-0.25, -0.2) is 9.97 Å². The number of nitrogens with zero attached hydrogens (tertiary/aromatic N) is 5. The third-order valence-electron chi connectivity index (χ3n) is 9.80. The van der Waals surface area contributed by atoms with Crippen LogP contribution in [0, 0.1) is 29.1 Å². The zero-order valence-corrected chi connectivity index (χ0v) is 30.3. The van der Waals surface area contributed by atoms with Crippen molar-refractivity contribution in [3.05, 3.63) is 54.4 Å². The second-order valence-corrected chi connectivity index (χ2v) is 13.4. The number of carbonyl (C=O) groups excluding carboxylic acids is 3. The fraction of sp³-hybridized carbons (Fsp3) is 0.622. The van der Waals surface area contributed by atoms with Crippen LogP contribution in [0.1, 0.15) is 65.9 Å². The van der Waals surface area contributed by atoms with Crippen LogP contribution in [-0.2, 0) is 30.3 Å². The molecule has 1 aromatic heterocycles. The van der Waals surface area contributed by atoms with E-state index in [2.05, 4.69) is 40.5 Å². The highest BCUT2D eigenvalue weighted by atomic mass is 16.5. The van der Waals surface area contributed by atoms with Gasteiger partial charge < -0.3 is 29.9 Å². The number of rotatable bonds is 18. The zero-order chi connectivity index (χ0) is 36.1. The first-order chi connectivity index (χ1) is 23.5. The molecule has 12 nitrogen and oxygen atoms in total. The molecule has 1 fully saturated rings. The summed E-state index contributed by atoms with van der Waals surface area (Å²) in [6.07, 6.45) is 4.78. The van der Waals surface area contributed by atoms with Gasteiger partial charge >= 0.3 is 0 Å². The topological polar surface area (TPSA) is 150 Å². The molecule has 49 heavy (non-hydrogen) atoms. The number of aromatic nitrogens is 2. The lowest BCUT2D eigenvalue weighted by molar-refractivity contribution is -0.146. The van der Waals surface area contributed by atoms with Gasteiger partial charge in [0.1, 0.15) is 12.1 Å². The highest BCUT2D eigenvalue weighted by molar-refractivity contribution is 5.85. The highest BCUT2D eigenvalue weighted by Crippen LogP contribution is 2.30. The number of nitrogens with one attached hydrogen (secondary N) is 2. The van der Waals surface area contributed by atoms with Crippen LogP contribution in [0.25, 0.3) is 0 Å². The van der Waals surface area contributed by atoms with Crippen molar-refractivity contribution in [2.45, 2.75) is 103 Å². The quantitative estimate of drug-likeness (QED) is 0.238. The number of ether oxygens (including phenoxy) is 2. The van der Waals surface area contributed by atoms with Gasteiger partial charge in [-0.1, -0.05) is 71.4 Å². The van der Waals surface area contributed by atoms with Crippen LogP contribution in [0.5, 0.6) is 0 Å². The molecule has 0 bridgehead atoms. The molecule has 2 heterocycles. The summed E-state index contributed by atoms with van der Waals surface area (Å²) in [6.45, 7) is 10.4. The molecule has 0 unspecified atom stereocenters. The van der Waals surface area contributed by atoms with Crippen LogP contribution in [-0.4, -0.2) is 102 Å². The number of benzene rings is 1. The van der Waals surface area contributed by atoms with Crippen molar-refractivity contribution in [2.24, 2.45) is 17.8 Å². The molecule has 0 radical (unpaired) electrons. The maximum absolute atomic E-state index is 14.1. The lowest BCUT2D eigenvalue weighted by Gasteiger charge is -2.40. The minimum absolute atomic E-state index is 0.0290. The van der Waals surface area contributed by atoms with Crippen LogP contribution in [0.4, 0.5) is 5.95 Å². The fourth-order valence-corrected chi connectivity index (χ4v) is 6.83. The zero-order valence-electron chi connectivity index (χ0n) is 30.3. The molecule has 1 aliphatic rings. The molecule has 2 N–H and O–H groups in total. The van der Waals surface area contributed by atoms with E-state index in [0.717, 1.165) is 18.4 Å². The van der Waals surface area contributed by atoms with Gasteiger partial charge in [-0.05, 0) is 36.3 Å². The Labute approximate surface area is 291 Å². The fourth-order valence-electron chi connectivity index (χ4n) is 6.83. The average Bonchev–Trinajstić information content (AvgIpc) is 3.60. The van der Waals surface area contributed by atoms with Crippen LogP contribution in [0.3, 0.4) is 0 Å². The van der Waals surface area contributed by atoms with Gasteiger partial charge in [0.15, 0.2) is 0 Å². The van der Waals surface area contributed by atoms with E-state index in [1.165, 1.54) is 0 Å². The minimum atomic E-state index is -0.693. The van der Waals surface area contributed by atoms with Crippen LogP contribution >= 0.6 is 0 Å². The Hall–Kier alpha value is -4.08. The van der Waals surface area contributed by atoms with Crippen molar-refractivity contribution in [2.75, 3.05) is 33.1 Å². The molecule has 12 heteroatoms. The molecule has 1 aromatic carbocycles. The van der Waals surface area contributed by atoms with Crippen LogP contribution < -0.4 is 10.6 Å². The van der Waals surface area contributed by atoms with E-state index in [0.29, 0.717) is 25.3 Å². The van der Waals surface area contributed by atoms with Crippen molar-refractivity contribution >= 4 is 23.7 Å². The van der Waals surface area contributed by atoms with Crippen LogP contribution in [0.2, 0.25) is 0 Å². The van der Waals surface area contributed by atoms with Crippen molar-refractivity contribution < 1.29 is 23.9 Å². The standard InChI is InChI=1S/C37H55N7O5/c1-9-25(4)33(43(6)36(47)32(24(2)3)42-37-39-18-14-19-40-37)30(48-7)22-31(45)44-20-13-17-29(44)34(49-8)26(5)35(46)41-28(23-38)21-27-15-11-10-12-16-27/h10-12,14-16,18-19,24-26,28-30,32-34H,9,13,17,20-22H2,1-8H3,(H,41,46)(H,39,40,42)/t25-,26+,28-,29-,30+,32-,33-,34+/m0/s1. The van der Waals surface area contributed by atoms with Crippen molar-refractivity contribution in [3.63, 3.8) is 0 Å². The largest absolute Gasteiger partial charge is 0.379 e. The summed E-state index contributed by atoms with van der Waals surface area (Å²) in [5, 5.41) is 15.8. The maximum Gasteiger partial charge on any atom is 0.245 e. The monoisotopic (exact) mass is 677 g/mol. The van der Waals surface area contributed by atoms with Gasteiger partial charge in [-0.15, -0.1) is 0 Å². The summed E-state index contributed by atoms with van der Waals surface area (Å²) in [7, 11) is 4.90. The number of hydrogen-bond donors (Lipinski definition) is 2. The SMILES string of the molecule is CC[C@H](C)[C@@H]([C@@H](CC(=O)N1CCC[C@H]1[C@H](OC)[C@@H](C)C(=O)N[C@H](C#N)Cc1ccccc1)OC)N(C)C(=O)[C@@H](Nc1ncccn1)C(C)C. The Balaban J connectivity index is 1.75. The van der Waals surface area contributed by atoms with Crippen LogP contribution in [0.15, 0.2) is 48.8 Å². The number of likely N-dealkylation sites (tertiary alicyclic amines) is 1. The number of methoxy groups -OCH3 is 2. The summed E-state index contributed by atoms with van der Waals surface area (Å²) < 4.78 is 11.9. The number of nitriles is 1. The molecule has 0 aliphatic carbocycles. The van der Waals surface area contributed by atoms with Gasteiger partial charge in [-0.2, -0.15) is 5.26 Å². The second kappa shape index (κ2) is 19.2. The van der Waals surface area contributed by atoms with E-state index in [1.807, 2.05) is 44.2 Å². The molecule has 1 aliphatic heterocycles. The smallest absolute Gasteiger partial charge is 0.245 e. The Morgan fingerprint density at radius 3 is 2.31 bits per heavy atom. The first-order valence-electron chi connectivity index (χ1n) is 17.4. The third-order valence-corrected chi connectivity index (χ3v) is 9.80. The van der Waals surface area contributed by atoms with Gasteiger partial charge in [-0.3, -0.25) is 14.4 Å². The van der Waals surface area contributed by atoms with E-state index < -0.39 is 30.2 Å². The van der Waals surface area contributed by atoms with E-state index >= 15 is 0 Å². The summed E-state index contributed by atoms with van der Waals surface area (Å²) >= 11 is 0. The molecular weight excluding hydrogens is 622 g/mol. The molecule has 0 spiro atoms. The predicted molar refractivity (Wildman–Crippen MR) is 188 cm³/mol. The number of anilines is 1. The minimum Gasteiger partial charge on any atom is -0.379 e.